The van der Waals surface area contributed by atoms with Crippen LogP contribution in [0.4, 0.5) is 0 Å². The lowest BCUT2D eigenvalue weighted by atomic mass is 10.2. The van der Waals surface area contributed by atoms with E-state index in [1.807, 2.05) is 31.2 Å². The molecule has 0 unspecified atom stereocenters. The van der Waals surface area contributed by atoms with Gasteiger partial charge in [0.15, 0.2) is 0 Å². The van der Waals surface area contributed by atoms with E-state index in [1.54, 1.807) is 4.68 Å². The molecule has 0 saturated heterocycles. The van der Waals surface area contributed by atoms with Gasteiger partial charge in [-0.2, -0.15) is 4.68 Å². The van der Waals surface area contributed by atoms with Crippen LogP contribution in [0.25, 0.3) is 5.69 Å². The molecule has 6 nitrogen and oxygen atoms in total. The predicted molar refractivity (Wildman–Crippen MR) is 74.3 cm³/mol. The Hall–Kier alpha value is -1.41. The molecule has 19 heavy (non-hydrogen) atoms. The number of aromatic nitrogens is 4. The molecule has 2 rings (SSSR count). The molecule has 0 aliphatic heterocycles. The van der Waals surface area contributed by atoms with Gasteiger partial charge in [-0.25, -0.2) is 8.42 Å². The molecule has 2 aromatic rings. The van der Waals surface area contributed by atoms with Gasteiger partial charge in [0.05, 0.1) is 11.4 Å². The van der Waals surface area contributed by atoms with Crippen molar-refractivity contribution in [1.82, 2.24) is 20.2 Å². The van der Waals surface area contributed by atoms with Crippen LogP contribution in [0.1, 0.15) is 5.56 Å². The predicted octanol–water partition coefficient (Wildman–Crippen LogP) is 1.11. The van der Waals surface area contributed by atoms with Crippen LogP contribution in [0.15, 0.2) is 29.4 Å². The second kappa shape index (κ2) is 5.70. The molecule has 0 spiro atoms. The molecule has 1 aromatic carbocycles. The minimum absolute atomic E-state index is 0.110. The maximum atomic E-state index is 11.1. The largest absolute Gasteiger partial charge is 0.229 e. The Morgan fingerprint density at radius 1 is 1.26 bits per heavy atom. The number of sulfone groups is 1. The Morgan fingerprint density at radius 3 is 2.58 bits per heavy atom. The minimum Gasteiger partial charge on any atom is -0.229 e. The first-order chi connectivity index (χ1) is 8.96. The third-order valence-electron chi connectivity index (χ3n) is 2.40. The van der Waals surface area contributed by atoms with Gasteiger partial charge >= 0.3 is 0 Å². The Labute approximate surface area is 116 Å². The average Bonchev–Trinajstić information content (AvgIpc) is 2.77. The summed E-state index contributed by atoms with van der Waals surface area (Å²) in [6.07, 6.45) is 1.22. The van der Waals surface area contributed by atoms with E-state index in [9.17, 15) is 8.42 Å². The fraction of sp³-hybridized carbons (Fsp3) is 0.364. The highest BCUT2D eigenvalue weighted by molar-refractivity contribution is 8.00. The first kappa shape index (κ1) is 14.0. The molecule has 0 amide bonds. The van der Waals surface area contributed by atoms with Gasteiger partial charge in [0, 0.05) is 12.0 Å². The maximum Gasteiger partial charge on any atom is 0.214 e. The first-order valence-corrected chi connectivity index (χ1v) is 8.66. The van der Waals surface area contributed by atoms with Crippen molar-refractivity contribution in [2.45, 2.75) is 12.1 Å². The van der Waals surface area contributed by atoms with Crippen molar-refractivity contribution < 1.29 is 8.42 Å². The normalized spacial score (nSPS) is 11.7. The minimum atomic E-state index is -2.96. The summed E-state index contributed by atoms with van der Waals surface area (Å²) >= 11 is 1.33. The highest BCUT2D eigenvalue weighted by Crippen LogP contribution is 2.18. The molecule has 1 heterocycles. The molecule has 8 heteroatoms. The molecular formula is C11H14N4O2S2. The van der Waals surface area contributed by atoms with Crippen LogP contribution in [0.2, 0.25) is 0 Å². The number of rotatable bonds is 5. The molecule has 0 saturated carbocycles. The van der Waals surface area contributed by atoms with E-state index in [0.29, 0.717) is 10.9 Å². The van der Waals surface area contributed by atoms with Crippen LogP contribution in [0.3, 0.4) is 0 Å². The topological polar surface area (TPSA) is 77.7 Å². The molecule has 0 aliphatic rings. The fourth-order valence-electron chi connectivity index (χ4n) is 1.40. The van der Waals surface area contributed by atoms with Gasteiger partial charge in [0.1, 0.15) is 9.84 Å². The lowest BCUT2D eigenvalue weighted by Crippen LogP contribution is -2.06. The lowest BCUT2D eigenvalue weighted by molar-refractivity contribution is 0.603. The molecule has 1 aromatic heterocycles. The summed E-state index contributed by atoms with van der Waals surface area (Å²) in [7, 11) is -2.96. The zero-order valence-corrected chi connectivity index (χ0v) is 12.3. The molecule has 0 N–H and O–H groups in total. The monoisotopic (exact) mass is 298 g/mol. The first-order valence-electron chi connectivity index (χ1n) is 5.62. The second-order valence-electron chi connectivity index (χ2n) is 4.19. The summed E-state index contributed by atoms with van der Waals surface area (Å²) in [5, 5.41) is 12.0. The Morgan fingerprint density at radius 2 is 1.95 bits per heavy atom. The molecule has 0 radical (unpaired) electrons. The number of thioether (sulfide) groups is 1. The summed E-state index contributed by atoms with van der Waals surface area (Å²) in [5.41, 5.74) is 2.01. The van der Waals surface area contributed by atoms with Crippen LogP contribution >= 0.6 is 11.8 Å². The number of tetrazole rings is 1. The van der Waals surface area contributed by atoms with Gasteiger partial charge in [0.2, 0.25) is 5.16 Å². The standard InChI is InChI=1S/C11H14N4O2S2/c1-9-3-5-10(6-4-9)15-11(12-13-14-15)18-7-8-19(2,16)17/h3-6H,7-8H2,1-2H3. The number of hydrogen-bond donors (Lipinski definition) is 0. The summed E-state index contributed by atoms with van der Waals surface area (Å²) in [6.45, 7) is 2.01. The maximum absolute atomic E-state index is 11.1. The smallest absolute Gasteiger partial charge is 0.214 e. The van der Waals surface area contributed by atoms with Crippen LogP contribution < -0.4 is 0 Å². The van der Waals surface area contributed by atoms with E-state index in [4.69, 9.17) is 0 Å². The number of hydrogen-bond acceptors (Lipinski definition) is 6. The van der Waals surface area contributed by atoms with Gasteiger partial charge in [0.25, 0.3) is 0 Å². The molecule has 0 aliphatic carbocycles. The van der Waals surface area contributed by atoms with Crippen molar-refractivity contribution in [3.8, 4) is 5.69 Å². The summed E-state index contributed by atoms with van der Waals surface area (Å²) < 4.78 is 23.8. The van der Waals surface area contributed by atoms with Gasteiger partial charge in [-0.05, 0) is 29.5 Å². The van der Waals surface area contributed by atoms with Crippen LogP contribution in [-0.2, 0) is 9.84 Å². The fourth-order valence-corrected chi connectivity index (χ4v) is 3.49. The van der Waals surface area contributed by atoms with E-state index in [-0.39, 0.29) is 5.75 Å². The van der Waals surface area contributed by atoms with Gasteiger partial charge < -0.3 is 0 Å². The van der Waals surface area contributed by atoms with Crippen molar-refractivity contribution in [3.05, 3.63) is 29.8 Å². The van der Waals surface area contributed by atoms with Crippen molar-refractivity contribution >= 4 is 21.6 Å². The Kier molecular flexibility index (Phi) is 4.20. The summed E-state index contributed by atoms with van der Waals surface area (Å²) in [6, 6.07) is 7.79. The summed E-state index contributed by atoms with van der Waals surface area (Å²) in [5.74, 6) is 0.545. The van der Waals surface area contributed by atoms with E-state index in [1.165, 1.54) is 18.0 Å². The molecule has 0 fully saturated rings. The van der Waals surface area contributed by atoms with Gasteiger partial charge in [-0.1, -0.05) is 29.5 Å². The Balaban J connectivity index is 2.12. The van der Waals surface area contributed by atoms with Gasteiger partial charge in [-0.3, -0.25) is 0 Å². The number of aryl methyl sites for hydroxylation is 1. The zero-order chi connectivity index (χ0) is 13.9. The molecule has 0 atom stereocenters. The molecular weight excluding hydrogens is 284 g/mol. The zero-order valence-electron chi connectivity index (χ0n) is 10.6. The van der Waals surface area contributed by atoms with Crippen LogP contribution in [0, 0.1) is 6.92 Å². The van der Waals surface area contributed by atoms with Gasteiger partial charge in [-0.15, -0.1) is 5.10 Å². The molecule has 0 bridgehead atoms. The van der Waals surface area contributed by atoms with Crippen molar-refractivity contribution in [2.75, 3.05) is 17.8 Å². The van der Waals surface area contributed by atoms with E-state index >= 15 is 0 Å². The second-order valence-corrected chi connectivity index (χ2v) is 7.51. The van der Waals surface area contributed by atoms with Crippen LogP contribution in [-0.4, -0.2) is 46.4 Å². The van der Waals surface area contributed by atoms with E-state index in [0.717, 1.165) is 11.3 Å². The number of nitrogens with zero attached hydrogens (tertiary/aromatic N) is 4. The third-order valence-corrected chi connectivity index (χ3v) is 4.53. The highest BCUT2D eigenvalue weighted by Gasteiger charge is 2.10. The van der Waals surface area contributed by atoms with Crippen molar-refractivity contribution in [1.29, 1.82) is 0 Å². The number of benzene rings is 1. The Bertz CT molecular complexity index is 650. The van der Waals surface area contributed by atoms with E-state index < -0.39 is 9.84 Å². The van der Waals surface area contributed by atoms with Crippen molar-refractivity contribution in [3.63, 3.8) is 0 Å². The average molecular weight is 298 g/mol. The quantitative estimate of drug-likeness (QED) is 0.769. The SMILES string of the molecule is Cc1ccc(-n2nnnc2SCCS(C)(=O)=O)cc1. The van der Waals surface area contributed by atoms with Crippen LogP contribution in [0.5, 0.6) is 0 Å². The summed E-state index contributed by atoms with van der Waals surface area (Å²) in [4.78, 5) is 0. The lowest BCUT2D eigenvalue weighted by Gasteiger charge is -2.04. The van der Waals surface area contributed by atoms with E-state index in [2.05, 4.69) is 15.5 Å². The highest BCUT2D eigenvalue weighted by atomic mass is 32.2. The molecule has 102 valence electrons. The van der Waals surface area contributed by atoms with Crippen molar-refractivity contribution in [2.24, 2.45) is 0 Å². The third kappa shape index (κ3) is 4.03.